The summed E-state index contributed by atoms with van der Waals surface area (Å²) >= 11 is 0.707. The number of rotatable bonds is 4. The van der Waals surface area contributed by atoms with Gasteiger partial charge in [-0.1, -0.05) is 11.3 Å². The summed E-state index contributed by atoms with van der Waals surface area (Å²) in [5, 5.41) is 9.40. The molecule has 1 saturated carbocycles. The van der Waals surface area contributed by atoms with E-state index >= 15 is 0 Å². The van der Waals surface area contributed by atoms with Crippen molar-refractivity contribution < 1.29 is 13.5 Å². The predicted molar refractivity (Wildman–Crippen MR) is 72.8 cm³/mol. The Kier molecular flexibility index (Phi) is 4.44. The molecule has 1 heterocycles. The molecule has 0 aromatic carbocycles. The van der Waals surface area contributed by atoms with Crippen LogP contribution in [0.3, 0.4) is 0 Å². The van der Waals surface area contributed by atoms with Crippen molar-refractivity contribution in [1.82, 2.24) is 9.71 Å². The van der Waals surface area contributed by atoms with Crippen molar-refractivity contribution in [1.29, 1.82) is 0 Å². The minimum atomic E-state index is -3.61. The molecule has 8 heteroatoms. The molecule has 1 aromatic rings. The van der Waals surface area contributed by atoms with Gasteiger partial charge in [0.25, 0.3) is 10.0 Å². The monoisotopic (exact) mass is 306 g/mol. The van der Waals surface area contributed by atoms with E-state index < -0.39 is 10.0 Å². The van der Waals surface area contributed by atoms with Crippen LogP contribution in [-0.4, -0.2) is 31.2 Å². The molecule has 0 atom stereocenters. The Hall–Kier alpha value is -0.700. The fraction of sp³-hybridized carbons (Fsp3) is 0.727. The van der Waals surface area contributed by atoms with Gasteiger partial charge in [0.05, 0.1) is 6.10 Å². The van der Waals surface area contributed by atoms with Gasteiger partial charge in [-0.05, 0) is 38.5 Å². The standard InChI is InChI=1S/C11H18N2O4S2/c1-7-10(18-11(15)13-7)19(16,17)12-6-8-2-4-9(14)5-3-8/h8-9,12,14H,2-6H2,1H3,(H,13,15). The quantitative estimate of drug-likeness (QED) is 0.757. The second-order valence-corrected chi connectivity index (χ2v) is 7.90. The number of aliphatic hydroxyl groups is 1. The van der Waals surface area contributed by atoms with Crippen LogP contribution in [0.4, 0.5) is 0 Å². The Morgan fingerprint density at radius 1 is 1.37 bits per heavy atom. The molecule has 0 radical (unpaired) electrons. The second-order valence-electron chi connectivity index (χ2n) is 4.95. The highest BCUT2D eigenvalue weighted by Crippen LogP contribution is 2.24. The fourth-order valence-corrected chi connectivity index (χ4v) is 4.75. The molecule has 19 heavy (non-hydrogen) atoms. The number of thiazole rings is 1. The second kappa shape index (κ2) is 5.74. The van der Waals surface area contributed by atoms with Crippen LogP contribution in [0.2, 0.25) is 0 Å². The molecule has 1 aliphatic rings. The third-order valence-corrected chi connectivity index (χ3v) is 6.43. The van der Waals surface area contributed by atoms with E-state index in [4.69, 9.17) is 0 Å². The van der Waals surface area contributed by atoms with Gasteiger partial charge < -0.3 is 10.1 Å². The third-order valence-electron chi connectivity index (χ3n) is 3.40. The average molecular weight is 306 g/mol. The van der Waals surface area contributed by atoms with E-state index in [0.29, 0.717) is 23.6 Å². The number of aliphatic hydroxyl groups excluding tert-OH is 1. The lowest BCUT2D eigenvalue weighted by atomic mass is 9.88. The van der Waals surface area contributed by atoms with Crippen LogP contribution < -0.4 is 9.60 Å². The first-order valence-corrected chi connectivity index (χ1v) is 8.56. The van der Waals surface area contributed by atoms with Crippen LogP contribution in [0.5, 0.6) is 0 Å². The van der Waals surface area contributed by atoms with E-state index in [1.807, 2.05) is 0 Å². The van der Waals surface area contributed by atoms with Crippen molar-refractivity contribution >= 4 is 21.4 Å². The highest BCUT2D eigenvalue weighted by molar-refractivity contribution is 7.91. The van der Waals surface area contributed by atoms with Gasteiger partial charge >= 0.3 is 4.87 Å². The lowest BCUT2D eigenvalue weighted by Gasteiger charge is -2.25. The molecule has 0 unspecified atom stereocenters. The van der Waals surface area contributed by atoms with E-state index in [-0.39, 0.29) is 21.1 Å². The van der Waals surface area contributed by atoms with Crippen molar-refractivity contribution in [3.8, 4) is 0 Å². The maximum Gasteiger partial charge on any atom is 0.305 e. The highest BCUT2D eigenvalue weighted by atomic mass is 32.2. The van der Waals surface area contributed by atoms with Crippen LogP contribution in [0.15, 0.2) is 9.00 Å². The van der Waals surface area contributed by atoms with E-state index in [2.05, 4.69) is 9.71 Å². The number of nitrogens with one attached hydrogen (secondary N) is 2. The van der Waals surface area contributed by atoms with Crippen molar-refractivity contribution in [2.45, 2.75) is 42.9 Å². The van der Waals surface area contributed by atoms with E-state index in [9.17, 15) is 18.3 Å². The highest BCUT2D eigenvalue weighted by Gasteiger charge is 2.24. The number of hydrogen-bond donors (Lipinski definition) is 3. The van der Waals surface area contributed by atoms with Crippen LogP contribution in [0, 0.1) is 12.8 Å². The summed E-state index contributed by atoms with van der Waals surface area (Å²) in [6.07, 6.45) is 2.86. The van der Waals surface area contributed by atoms with Gasteiger partial charge in [0.2, 0.25) is 0 Å². The van der Waals surface area contributed by atoms with Crippen molar-refractivity contribution in [3.05, 3.63) is 15.4 Å². The minimum absolute atomic E-state index is 0.0633. The van der Waals surface area contributed by atoms with Gasteiger partial charge in [-0.2, -0.15) is 0 Å². The van der Waals surface area contributed by atoms with Crippen molar-refractivity contribution in [2.75, 3.05) is 6.54 Å². The lowest BCUT2D eigenvalue weighted by Crippen LogP contribution is -2.32. The van der Waals surface area contributed by atoms with Gasteiger partial charge in [0, 0.05) is 12.2 Å². The van der Waals surface area contributed by atoms with Crippen molar-refractivity contribution in [3.63, 3.8) is 0 Å². The number of sulfonamides is 1. The molecule has 6 nitrogen and oxygen atoms in total. The summed E-state index contributed by atoms with van der Waals surface area (Å²) in [4.78, 5) is 13.2. The number of aryl methyl sites for hydroxylation is 1. The minimum Gasteiger partial charge on any atom is -0.393 e. The lowest BCUT2D eigenvalue weighted by molar-refractivity contribution is 0.110. The van der Waals surface area contributed by atoms with Crippen molar-refractivity contribution in [2.24, 2.45) is 5.92 Å². The van der Waals surface area contributed by atoms with E-state index in [1.165, 1.54) is 0 Å². The molecule has 1 aliphatic carbocycles. The first-order chi connectivity index (χ1) is 8.88. The van der Waals surface area contributed by atoms with Crippen LogP contribution >= 0.6 is 11.3 Å². The fourth-order valence-electron chi connectivity index (χ4n) is 2.29. The smallest absolute Gasteiger partial charge is 0.305 e. The van der Waals surface area contributed by atoms with Gasteiger partial charge in [-0.3, -0.25) is 4.79 Å². The number of H-pyrrole nitrogens is 1. The van der Waals surface area contributed by atoms with Crippen LogP contribution in [0.25, 0.3) is 0 Å². The molecule has 0 spiro atoms. The molecule has 108 valence electrons. The van der Waals surface area contributed by atoms with Gasteiger partial charge in [0.15, 0.2) is 4.21 Å². The zero-order valence-corrected chi connectivity index (χ0v) is 12.3. The summed E-state index contributed by atoms with van der Waals surface area (Å²) in [6.45, 7) is 1.93. The normalized spacial score (nSPS) is 24.5. The molecule has 1 aromatic heterocycles. The van der Waals surface area contributed by atoms with E-state index in [1.54, 1.807) is 6.92 Å². The Morgan fingerprint density at radius 3 is 2.53 bits per heavy atom. The summed E-state index contributed by atoms with van der Waals surface area (Å²) in [5.74, 6) is 0.258. The molecular formula is C11H18N2O4S2. The first kappa shape index (κ1) is 14.7. The maximum absolute atomic E-state index is 12.1. The van der Waals surface area contributed by atoms with Gasteiger partial charge in [-0.25, -0.2) is 13.1 Å². The van der Waals surface area contributed by atoms with Gasteiger partial charge in [0.1, 0.15) is 0 Å². The number of aromatic amines is 1. The molecule has 3 N–H and O–H groups in total. The number of aromatic nitrogens is 1. The third kappa shape index (κ3) is 3.65. The summed E-state index contributed by atoms with van der Waals surface area (Å²) in [5.41, 5.74) is 0.376. The summed E-state index contributed by atoms with van der Waals surface area (Å²) in [7, 11) is -3.61. The topological polar surface area (TPSA) is 99.3 Å². The largest absolute Gasteiger partial charge is 0.393 e. The molecule has 2 rings (SSSR count). The Balaban J connectivity index is 1.98. The molecule has 0 saturated heterocycles. The summed E-state index contributed by atoms with van der Waals surface area (Å²) < 4.78 is 26.7. The van der Waals surface area contributed by atoms with Gasteiger partial charge in [-0.15, -0.1) is 0 Å². The van der Waals surface area contributed by atoms with Crippen LogP contribution in [-0.2, 0) is 10.0 Å². The molecule has 0 amide bonds. The average Bonchev–Trinajstić information content (AvgIpc) is 2.69. The van der Waals surface area contributed by atoms with Crippen LogP contribution in [0.1, 0.15) is 31.4 Å². The Bertz CT molecular complexity index is 582. The molecule has 1 fully saturated rings. The predicted octanol–water partition coefficient (Wildman–Crippen LogP) is 0.574. The van der Waals surface area contributed by atoms with E-state index in [0.717, 1.165) is 25.7 Å². The first-order valence-electron chi connectivity index (χ1n) is 6.26. The number of hydrogen-bond acceptors (Lipinski definition) is 5. The molecule has 0 aliphatic heterocycles. The molecular weight excluding hydrogens is 288 g/mol. The Labute approximate surface area is 115 Å². The zero-order valence-electron chi connectivity index (χ0n) is 10.7. The molecule has 0 bridgehead atoms. The zero-order chi connectivity index (χ0) is 14.0. The SMILES string of the molecule is Cc1[nH]c(=O)sc1S(=O)(=O)NCC1CCC(O)CC1. The summed E-state index contributed by atoms with van der Waals surface area (Å²) in [6, 6.07) is 0. The maximum atomic E-state index is 12.1. The Morgan fingerprint density at radius 2 is 2.00 bits per heavy atom.